The monoisotopic (exact) mass is 487 g/mol. The number of aryl methyl sites for hydroxylation is 1. The molecule has 5 nitrogen and oxygen atoms in total. The highest BCUT2D eigenvalue weighted by Crippen LogP contribution is 2.17. The topological polar surface area (TPSA) is 42.9 Å². The van der Waals surface area contributed by atoms with Crippen molar-refractivity contribution in [3.8, 4) is 0 Å². The van der Waals surface area contributed by atoms with Gasteiger partial charge in [-0.25, -0.2) is 0 Å². The van der Waals surface area contributed by atoms with Gasteiger partial charge in [-0.05, 0) is 49.9 Å². The van der Waals surface area contributed by atoms with Gasteiger partial charge in [0.1, 0.15) is 0 Å². The molecule has 6 heteroatoms. The van der Waals surface area contributed by atoms with Crippen LogP contribution in [0, 0.1) is 12.8 Å². The second kappa shape index (κ2) is 13.2. The number of piperazine rings is 1. The fourth-order valence-electron chi connectivity index (χ4n) is 3.24. The highest BCUT2D eigenvalue weighted by molar-refractivity contribution is 14.0. The van der Waals surface area contributed by atoms with Gasteiger partial charge in [0, 0.05) is 52.0 Å². The van der Waals surface area contributed by atoms with Crippen LogP contribution >= 0.6 is 24.0 Å². The number of unbranched alkanes of at least 4 members (excludes halogenated alkanes) is 1. The van der Waals surface area contributed by atoms with Gasteiger partial charge in [-0.15, -0.1) is 24.0 Å². The van der Waals surface area contributed by atoms with Crippen LogP contribution in [0.1, 0.15) is 32.3 Å². The third-order valence-electron chi connectivity index (χ3n) is 4.83. The van der Waals surface area contributed by atoms with Crippen molar-refractivity contribution in [2.75, 3.05) is 57.8 Å². The number of anilines is 1. The third kappa shape index (κ3) is 9.14. The summed E-state index contributed by atoms with van der Waals surface area (Å²) in [4.78, 5) is 9.37. The molecule has 2 N–H and O–H groups in total. The van der Waals surface area contributed by atoms with E-state index in [4.69, 9.17) is 0 Å². The lowest BCUT2D eigenvalue weighted by molar-refractivity contribution is 0.253. The molecule has 1 aliphatic rings. The molecule has 0 bridgehead atoms. The van der Waals surface area contributed by atoms with Crippen LogP contribution in [0.25, 0.3) is 0 Å². The number of halogens is 1. The van der Waals surface area contributed by atoms with Crippen molar-refractivity contribution in [2.45, 2.75) is 33.6 Å². The van der Waals surface area contributed by atoms with Gasteiger partial charge in [-0.3, -0.25) is 9.89 Å². The first-order valence-electron chi connectivity index (χ1n) is 10.1. The van der Waals surface area contributed by atoms with Crippen molar-refractivity contribution in [3.63, 3.8) is 0 Å². The molecule has 1 aromatic carbocycles. The lowest BCUT2D eigenvalue weighted by atomic mass is 10.2. The first-order chi connectivity index (χ1) is 12.6. The predicted molar refractivity (Wildman–Crippen MR) is 129 cm³/mol. The van der Waals surface area contributed by atoms with E-state index in [9.17, 15) is 0 Å². The van der Waals surface area contributed by atoms with Crippen LogP contribution in [-0.2, 0) is 0 Å². The normalized spacial score (nSPS) is 15.6. The zero-order chi connectivity index (χ0) is 18.8. The third-order valence-corrected chi connectivity index (χ3v) is 4.83. The summed E-state index contributed by atoms with van der Waals surface area (Å²) in [5.74, 6) is 1.55. The zero-order valence-electron chi connectivity index (χ0n) is 17.5. The van der Waals surface area contributed by atoms with Crippen molar-refractivity contribution in [1.29, 1.82) is 0 Å². The molecular formula is C21H38IN5. The minimum absolute atomic E-state index is 0. The molecule has 0 saturated carbocycles. The lowest BCUT2D eigenvalue weighted by Gasteiger charge is -2.36. The molecule has 0 spiro atoms. The fourth-order valence-corrected chi connectivity index (χ4v) is 3.24. The van der Waals surface area contributed by atoms with Gasteiger partial charge < -0.3 is 15.5 Å². The molecule has 1 aliphatic heterocycles. The van der Waals surface area contributed by atoms with E-state index < -0.39 is 0 Å². The summed E-state index contributed by atoms with van der Waals surface area (Å²) in [6.45, 7) is 14.3. The van der Waals surface area contributed by atoms with E-state index >= 15 is 0 Å². The Morgan fingerprint density at radius 1 is 1.11 bits per heavy atom. The van der Waals surface area contributed by atoms with Gasteiger partial charge >= 0.3 is 0 Å². The van der Waals surface area contributed by atoms with Crippen LogP contribution in [0.3, 0.4) is 0 Å². The van der Waals surface area contributed by atoms with Crippen LogP contribution in [0.15, 0.2) is 29.3 Å². The summed E-state index contributed by atoms with van der Waals surface area (Å²) in [5.41, 5.74) is 2.71. The van der Waals surface area contributed by atoms with Gasteiger partial charge in [-0.2, -0.15) is 0 Å². The molecule has 0 amide bonds. The Morgan fingerprint density at radius 3 is 2.48 bits per heavy atom. The summed E-state index contributed by atoms with van der Waals surface area (Å²) < 4.78 is 0. The Morgan fingerprint density at radius 2 is 1.85 bits per heavy atom. The summed E-state index contributed by atoms with van der Waals surface area (Å²) in [6, 6.07) is 8.85. The number of hydrogen-bond donors (Lipinski definition) is 2. The van der Waals surface area contributed by atoms with Crippen LogP contribution in [0.2, 0.25) is 0 Å². The number of rotatable bonds is 8. The largest absolute Gasteiger partial charge is 0.369 e. The average molecular weight is 487 g/mol. The Kier molecular flexibility index (Phi) is 11.7. The quantitative estimate of drug-likeness (QED) is 0.256. The maximum Gasteiger partial charge on any atom is 0.190 e. The molecule has 0 radical (unpaired) electrons. The number of hydrogen-bond acceptors (Lipinski definition) is 3. The fraction of sp³-hybridized carbons (Fsp3) is 0.667. The van der Waals surface area contributed by atoms with Gasteiger partial charge in [0.2, 0.25) is 0 Å². The maximum absolute atomic E-state index is 4.27. The van der Waals surface area contributed by atoms with E-state index in [0.717, 1.165) is 32.1 Å². The zero-order valence-corrected chi connectivity index (χ0v) is 19.8. The van der Waals surface area contributed by atoms with Crippen molar-refractivity contribution in [3.05, 3.63) is 29.8 Å². The molecule has 154 valence electrons. The van der Waals surface area contributed by atoms with Crippen LogP contribution < -0.4 is 15.5 Å². The Balaban J connectivity index is 0.00000364. The molecule has 1 aromatic rings. The standard InChI is InChI=1S/C21H37N5.HI/c1-18(2)17-24-21(22-4)23-10-5-6-11-25-12-14-26(15-13-25)20-9-7-8-19(3)16-20;/h7-9,16,18H,5-6,10-15,17H2,1-4H3,(H2,22,23,24);1H. The van der Waals surface area contributed by atoms with Crippen LogP contribution in [0.4, 0.5) is 5.69 Å². The van der Waals surface area contributed by atoms with E-state index in [1.54, 1.807) is 0 Å². The molecule has 1 saturated heterocycles. The average Bonchev–Trinajstić information content (AvgIpc) is 2.64. The molecule has 0 aromatic heterocycles. The maximum atomic E-state index is 4.27. The molecule has 27 heavy (non-hydrogen) atoms. The van der Waals surface area contributed by atoms with E-state index in [1.807, 2.05) is 7.05 Å². The second-order valence-electron chi connectivity index (χ2n) is 7.65. The van der Waals surface area contributed by atoms with E-state index in [-0.39, 0.29) is 24.0 Å². The minimum atomic E-state index is 0. The molecule has 0 atom stereocenters. The first kappa shape index (κ1) is 24.0. The van der Waals surface area contributed by atoms with Gasteiger partial charge in [0.25, 0.3) is 0 Å². The number of benzene rings is 1. The molecule has 1 fully saturated rings. The lowest BCUT2D eigenvalue weighted by Crippen LogP contribution is -2.46. The first-order valence-corrected chi connectivity index (χ1v) is 10.1. The Bertz CT molecular complexity index is 553. The molecular weight excluding hydrogens is 449 g/mol. The number of aliphatic imine (C=N–C) groups is 1. The Labute approximate surface area is 183 Å². The van der Waals surface area contributed by atoms with Gasteiger partial charge in [0.15, 0.2) is 5.96 Å². The molecule has 0 aliphatic carbocycles. The summed E-state index contributed by atoms with van der Waals surface area (Å²) in [5, 5.41) is 6.76. The molecule has 2 rings (SSSR count). The van der Waals surface area contributed by atoms with E-state index in [2.05, 4.69) is 70.5 Å². The summed E-state index contributed by atoms with van der Waals surface area (Å²) >= 11 is 0. The smallest absolute Gasteiger partial charge is 0.190 e. The van der Waals surface area contributed by atoms with Crippen LogP contribution in [-0.4, -0.2) is 63.7 Å². The highest BCUT2D eigenvalue weighted by Gasteiger charge is 2.16. The van der Waals surface area contributed by atoms with Gasteiger partial charge in [-0.1, -0.05) is 26.0 Å². The van der Waals surface area contributed by atoms with E-state index in [1.165, 1.54) is 43.7 Å². The van der Waals surface area contributed by atoms with Crippen molar-refractivity contribution in [2.24, 2.45) is 10.9 Å². The molecule has 0 unspecified atom stereocenters. The van der Waals surface area contributed by atoms with Crippen molar-refractivity contribution in [1.82, 2.24) is 15.5 Å². The van der Waals surface area contributed by atoms with Crippen molar-refractivity contribution < 1.29 is 0 Å². The number of guanidine groups is 1. The van der Waals surface area contributed by atoms with Gasteiger partial charge in [0.05, 0.1) is 0 Å². The second-order valence-corrected chi connectivity index (χ2v) is 7.65. The summed E-state index contributed by atoms with van der Waals surface area (Å²) in [6.07, 6.45) is 2.42. The predicted octanol–water partition coefficient (Wildman–Crippen LogP) is 3.34. The molecule has 1 heterocycles. The minimum Gasteiger partial charge on any atom is -0.369 e. The van der Waals surface area contributed by atoms with Crippen molar-refractivity contribution >= 4 is 35.6 Å². The van der Waals surface area contributed by atoms with Crippen LogP contribution in [0.5, 0.6) is 0 Å². The summed E-state index contributed by atoms with van der Waals surface area (Å²) in [7, 11) is 1.84. The Hall–Kier alpha value is -1.02. The van der Waals surface area contributed by atoms with E-state index in [0.29, 0.717) is 5.92 Å². The number of nitrogens with one attached hydrogen (secondary N) is 2. The highest BCUT2D eigenvalue weighted by atomic mass is 127. The SMILES string of the molecule is CN=C(NCCCCN1CCN(c2cccc(C)c2)CC1)NCC(C)C.I. The number of nitrogens with zero attached hydrogens (tertiary/aromatic N) is 3.